The van der Waals surface area contributed by atoms with Crippen molar-refractivity contribution in [3.05, 3.63) is 84.2 Å². The van der Waals surface area contributed by atoms with Gasteiger partial charge in [0.05, 0.1) is 33.6 Å². The third-order valence-electron chi connectivity index (χ3n) is 4.87. The molecule has 0 fully saturated rings. The fraction of sp³-hybridized carbons (Fsp3) is 0.200. The minimum absolute atomic E-state index is 0.0533. The Labute approximate surface area is 186 Å². The molecule has 31 heavy (non-hydrogen) atoms. The first kappa shape index (κ1) is 21.0. The average molecular weight is 429 g/mol. The third kappa shape index (κ3) is 5.47. The molecule has 4 rings (SSSR count). The molecule has 2 heterocycles. The molecule has 1 N–H and O–H groups in total. The molecule has 0 unspecified atom stereocenters. The lowest BCUT2D eigenvalue weighted by molar-refractivity contribution is -0.113. The predicted molar refractivity (Wildman–Crippen MR) is 130 cm³/mol. The molecule has 1 aliphatic heterocycles. The number of hydrogen-bond acceptors (Lipinski definition) is 5. The van der Waals surface area contributed by atoms with E-state index in [0.717, 1.165) is 33.5 Å². The summed E-state index contributed by atoms with van der Waals surface area (Å²) >= 11 is 1.44. The number of benzene rings is 2. The zero-order chi connectivity index (χ0) is 21.6. The minimum Gasteiger partial charge on any atom is -0.325 e. The third-order valence-corrected chi connectivity index (χ3v) is 5.84. The van der Waals surface area contributed by atoms with Gasteiger partial charge in [0.15, 0.2) is 0 Å². The van der Waals surface area contributed by atoms with Crippen molar-refractivity contribution < 1.29 is 4.79 Å². The molecule has 5 nitrogen and oxygen atoms in total. The second-order valence-electron chi connectivity index (χ2n) is 7.56. The lowest BCUT2D eigenvalue weighted by atomic mass is 10.0. The van der Waals surface area contributed by atoms with Crippen molar-refractivity contribution in [2.45, 2.75) is 26.2 Å². The number of aromatic nitrogens is 1. The van der Waals surface area contributed by atoms with E-state index >= 15 is 0 Å². The van der Waals surface area contributed by atoms with Gasteiger partial charge in [0.2, 0.25) is 5.91 Å². The van der Waals surface area contributed by atoms with Crippen LogP contribution < -0.4 is 5.32 Å². The van der Waals surface area contributed by atoms with Gasteiger partial charge in [-0.2, -0.15) is 0 Å². The predicted octanol–water partition coefficient (Wildman–Crippen LogP) is 6.13. The number of carbonyl (C=O) groups excluding carboxylic acids is 1. The Kier molecular flexibility index (Phi) is 6.57. The molecule has 1 aliphatic rings. The van der Waals surface area contributed by atoms with Gasteiger partial charge in [0, 0.05) is 18.3 Å². The lowest BCUT2D eigenvalue weighted by Crippen LogP contribution is -2.16. The lowest BCUT2D eigenvalue weighted by Gasteiger charge is -2.10. The maximum atomic E-state index is 12.6. The number of nitrogens with one attached hydrogen (secondary N) is 1. The Morgan fingerprint density at radius 2 is 1.77 bits per heavy atom. The highest BCUT2D eigenvalue weighted by molar-refractivity contribution is 8.14. The molecule has 2 aromatic carbocycles. The number of anilines is 1. The first-order chi connectivity index (χ1) is 15.1. The van der Waals surface area contributed by atoms with Crippen LogP contribution in [0.5, 0.6) is 0 Å². The summed E-state index contributed by atoms with van der Waals surface area (Å²) in [7, 11) is 0. The van der Waals surface area contributed by atoms with Crippen LogP contribution in [0.25, 0.3) is 0 Å². The van der Waals surface area contributed by atoms with Gasteiger partial charge in [0.1, 0.15) is 0 Å². The molecule has 0 spiro atoms. The van der Waals surface area contributed by atoms with E-state index in [1.165, 1.54) is 17.3 Å². The Bertz CT molecular complexity index is 1140. The molecule has 1 amide bonds. The standard InChI is InChI=1S/C25H24N4OS/c1-17(2)18-8-7-9-19(14-18)27-24(30)16-31-25-15-23(20-10-5-6-13-26-20)28-21-11-3-4-12-22(21)29-25/h3-14,17H,15-16H2,1-2H3,(H,27,30). The summed E-state index contributed by atoms with van der Waals surface area (Å²) in [5.41, 5.74) is 5.31. The fourth-order valence-corrected chi connectivity index (χ4v) is 4.01. The number of aliphatic imine (C=N–C) groups is 2. The maximum Gasteiger partial charge on any atom is 0.234 e. The van der Waals surface area contributed by atoms with Gasteiger partial charge < -0.3 is 5.32 Å². The van der Waals surface area contributed by atoms with Crippen molar-refractivity contribution >= 4 is 45.5 Å². The zero-order valence-electron chi connectivity index (χ0n) is 17.6. The second kappa shape index (κ2) is 9.71. The fourth-order valence-electron chi connectivity index (χ4n) is 3.24. The molecule has 6 heteroatoms. The zero-order valence-corrected chi connectivity index (χ0v) is 18.4. The molecule has 0 bridgehead atoms. The molecule has 0 radical (unpaired) electrons. The summed E-state index contributed by atoms with van der Waals surface area (Å²) in [6, 6.07) is 21.6. The summed E-state index contributed by atoms with van der Waals surface area (Å²) in [6.45, 7) is 4.28. The number of rotatable bonds is 5. The molecule has 0 saturated carbocycles. The first-order valence-corrected chi connectivity index (χ1v) is 11.3. The van der Waals surface area contributed by atoms with E-state index in [1.54, 1.807) is 6.20 Å². The quantitative estimate of drug-likeness (QED) is 0.531. The number of hydrogen-bond donors (Lipinski definition) is 1. The number of carbonyl (C=O) groups is 1. The molecule has 1 aromatic heterocycles. The summed E-state index contributed by atoms with van der Waals surface area (Å²) in [5.74, 6) is 0.640. The maximum absolute atomic E-state index is 12.6. The Morgan fingerprint density at radius 3 is 2.52 bits per heavy atom. The van der Waals surface area contributed by atoms with Gasteiger partial charge >= 0.3 is 0 Å². The van der Waals surface area contributed by atoms with Crippen LogP contribution >= 0.6 is 11.8 Å². The molecular weight excluding hydrogens is 404 g/mol. The van der Waals surface area contributed by atoms with Gasteiger partial charge in [0.25, 0.3) is 0 Å². The van der Waals surface area contributed by atoms with Crippen molar-refractivity contribution in [1.29, 1.82) is 0 Å². The summed E-state index contributed by atoms with van der Waals surface area (Å²) in [4.78, 5) is 26.6. The average Bonchev–Trinajstić information content (AvgIpc) is 2.98. The Hall–Kier alpha value is -3.25. The van der Waals surface area contributed by atoms with Crippen molar-refractivity contribution in [3.8, 4) is 0 Å². The highest BCUT2D eigenvalue weighted by Gasteiger charge is 2.17. The first-order valence-electron chi connectivity index (χ1n) is 10.3. The van der Waals surface area contributed by atoms with Crippen molar-refractivity contribution in [3.63, 3.8) is 0 Å². The number of fused-ring (bicyclic) bond motifs is 1. The highest BCUT2D eigenvalue weighted by atomic mass is 32.2. The van der Waals surface area contributed by atoms with E-state index in [-0.39, 0.29) is 11.7 Å². The van der Waals surface area contributed by atoms with Gasteiger partial charge in [-0.15, -0.1) is 11.8 Å². The van der Waals surface area contributed by atoms with Crippen molar-refractivity contribution in [2.24, 2.45) is 9.98 Å². The Morgan fingerprint density at radius 1 is 1.00 bits per heavy atom. The topological polar surface area (TPSA) is 66.7 Å². The van der Waals surface area contributed by atoms with Crippen LogP contribution in [0.2, 0.25) is 0 Å². The second-order valence-corrected chi connectivity index (χ2v) is 8.61. The molecule has 0 atom stereocenters. The molecule has 3 aromatic rings. The summed E-state index contributed by atoms with van der Waals surface area (Å²) in [5, 5.41) is 3.84. The number of para-hydroxylation sites is 2. The van der Waals surface area contributed by atoms with E-state index in [9.17, 15) is 4.79 Å². The summed E-state index contributed by atoms with van der Waals surface area (Å²) < 4.78 is 0. The number of nitrogens with zero attached hydrogens (tertiary/aromatic N) is 3. The van der Waals surface area contributed by atoms with E-state index in [0.29, 0.717) is 12.3 Å². The van der Waals surface area contributed by atoms with Crippen LogP contribution in [0.3, 0.4) is 0 Å². The van der Waals surface area contributed by atoms with Gasteiger partial charge in [-0.1, -0.05) is 44.2 Å². The van der Waals surface area contributed by atoms with Crippen LogP contribution in [0, 0.1) is 0 Å². The van der Waals surface area contributed by atoms with Crippen molar-refractivity contribution in [2.75, 3.05) is 11.1 Å². The SMILES string of the molecule is CC(C)c1cccc(NC(=O)CSC2=Nc3ccccc3N=C(c3ccccn3)C2)c1. The highest BCUT2D eigenvalue weighted by Crippen LogP contribution is 2.33. The van der Waals surface area contributed by atoms with Crippen molar-refractivity contribution in [1.82, 2.24) is 4.98 Å². The van der Waals surface area contributed by atoms with Gasteiger partial charge in [-0.3, -0.25) is 9.78 Å². The van der Waals surface area contributed by atoms with Crippen LogP contribution in [-0.2, 0) is 4.79 Å². The van der Waals surface area contributed by atoms with Gasteiger partial charge in [-0.05, 0) is 47.9 Å². The van der Waals surface area contributed by atoms with E-state index in [2.05, 4.69) is 30.2 Å². The smallest absolute Gasteiger partial charge is 0.234 e. The minimum atomic E-state index is -0.0533. The van der Waals surface area contributed by atoms with E-state index in [4.69, 9.17) is 9.98 Å². The monoisotopic (exact) mass is 428 g/mol. The summed E-state index contributed by atoms with van der Waals surface area (Å²) in [6.07, 6.45) is 2.30. The van der Waals surface area contributed by atoms with E-state index < -0.39 is 0 Å². The normalized spacial score (nSPS) is 13.1. The number of amides is 1. The Balaban J connectivity index is 1.49. The molecular formula is C25H24N4OS. The van der Waals surface area contributed by atoms with Crippen LogP contribution in [0.4, 0.5) is 17.1 Å². The van der Waals surface area contributed by atoms with Crippen LogP contribution in [0.15, 0.2) is 82.9 Å². The molecule has 0 aliphatic carbocycles. The molecule has 156 valence electrons. The largest absolute Gasteiger partial charge is 0.325 e. The molecule has 0 saturated heterocycles. The number of pyridine rings is 1. The van der Waals surface area contributed by atoms with Crippen LogP contribution in [0.1, 0.15) is 37.4 Å². The van der Waals surface area contributed by atoms with E-state index in [1.807, 2.05) is 60.7 Å². The van der Waals surface area contributed by atoms with Gasteiger partial charge in [-0.25, -0.2) is 9.98 Å². The number of thioether (sulfide) groups is 1. The van der Waals surface area contributed by atoms with Crippen LogP contribution in [-0.4, -0.2) is 27.4 Å².